The van der Waals surface area contributed by atoms with Gasteiger partial charge in [0.25, 0.3) is 11.7 Å². The van der Waals surface area contributed by atoms with Crippen LogP contribution < -0.4 is 0 Å². The number of benzene rings is 1. The van der Waals surface area contributed by atoms with E-state index in [1.165, 1.54) is 4.90 Å². The van der Waals surface area contributed by atoms with Crippen molar-refractivity contribution in [2.24, 2.45) is 0 Å². The van der Waals surface area contributed by atoms with Crippen LogP contribution in [0.1, 0.15) is 21.5 Å². The Bertz CT molecular complexity index is 408. The van der Waals surface area contributed by atoms with E-state index in [2.05, 4.69) is 0 Å². The second kappa shape index (κ2) is 4.26. The summed E-state index contributed by atoms with van der Waals surface area (Å²) < 4.78 is 0. The Kier molecular flexibility index (Phi) is 3.24. The van der Waals surface area contributed by atoms with E-state index in [-0.39, 0.29) is 0 Å². The van der Waals surface area contributed by atoms with Crippen molar-refractivity contribution in [1.82, 2.24) is 4.90 Å². The van der Waals surface area contributed by atoms with Crippen LogP contribution in [-0.2, 0) is 4.79 Å². The van der Waals surface area contributed by atoms with E-state index >= 15 is 0 Å². The number of carbonyl (C=O) groups is 2. The molecule has 0 unspecified atom stereocenters. The van der Waals surface area contributed by atoms with Crippen LogP contribution in [0.2, 0.25) is 0 Å². The second-order valence-electron chi connectivity index (χ2n) is 3.85. The van der Waals surface area contributed by atoms with E-state index in [0.29, 0.717) is 5.56 Å². The van der Waals surface area contributed by atoms with Crippen LogP contribution in [0.4, 0.5) is 0 Å². The van der Waals surface area contributed by atoms with E-state index in [1.807, 2.05) is 26.0 Å². The quantitative estimate of drug-likeness (QED) is 0.543. The number of rotatable bonds is 2. The molecule has 0 aromatic heterocycles. The van der Waals surface area contributed by atoms with Crippen LogP contribution in [0.15, 0.2) is 18.2 Å². The van der Waals surface area contributed by atoms with Gasteiger partial charge in [0.15, 0.2) is 0 Å². The van der Waals surface area contributed by atoms with Gasteiger partial charge in [0, 0.05) is 19.7 Å². The first-order valence-electron chi connectivity index (χ1n) is 4.76. The first-order chi connectivity index (χ1) is 6.93. The molecule has 1 rings (SSSR count). The van der Waals surface area contributed by atoms with E-state index < -0.39 is 11.7 Å². The van der Waals surface area contributed by atoms with Gasteiger partial charge in [0.2, 0.25) is 0 Å². The van der Waals surface area contributed by atoms with Gasteiger partial charge in [0.1, 0.15) is 0 Å². The minimum atomic E-state index is -0.483. The van der Waals surface area contributed by atoms with Gasteiger partial charge in [-0.05, 0) is 25.5 Å². The largest absolute Gasteiger partial charge is 0.342 e. The zero-order chi connectivity index (χ0) is 11.6. The van der Waals surface area contributed by atoms with Crippen molar-refractivity contribution in [2.75, 3.05) is 14.1 Å². The van der Waals surface area contributed by atoms with Crippen LogP contribution in [0, 0.1) is 13.8 Å². The summed E-state index contributed by atoms with van der Waals surface area (Å²) in [4.78, 5) is 24.5. The maximum atomic E-state index is 11.8. The molecule has 0 fully saturated rings. The van der Waals surface area contributed by atoms with Crippen LogP contribution in [-0.4, -0.2) is 30.7 Å². The molecule has 0 spiro atoms. The van der Waals surface area contributed by atoms with Crippen LogP contribution in [0.25, 0.3) is 0 Å². The molecule has 3 nitrogen and oxygen atoms in total. The summed E-state index contributed by atoms with van der Waals surface area (Å²) in [6.07, 6.45) is 0. The van der Waals surface area contributed by atoms with Crippen molar-refractivity contribution in [3.8, 4) is 0 Å². The van der Waals surface area contributed by atoms with Crippen LogP contribution in [0.5, 0.6) is 0 Å². The summed E-state index contributed by atoms with van der Waals surface area (Å²) in [6, 6.07) is 5.52. The summed E-state index contributed by atoms with van der Waals surface area (Å²) in [5.74, 6) is -0.926. The van der Waals surface area contributed by atoms with Gasteiger partial charge >= 0.3 is 0 Å². The predicted molar refractivity (Wildman–Crippen MR) is 58.9 cm³/mol. The molecule has 0 aliphatic rings. The molecule has 1 aromatic carbocycles. The van der Waals surface area contributed by atoms with E-state index in [0.717, 1.165) is 11.1 Å². The molecule has 15 heavy (non-hydrogen) atoms. The summed E-state index contributed by atoms with van der Waals surface area (Å²) in [6.45, 7) is 3.73. The molecule has 0 saturated heterocycles. The summed E-state index contributed by atoms with van der Waals surface area (Å²) in [7, 11) is 3.15. The van der Waals surface area contributed by atoms with Crippen molar-refractivity contribution in [1.29, 1.82) is 0 Å². The molecule has 1 amide bonds. The smallest absolute Gasteiger partial charge is 0.294 e. The Morgan fingerprint density at radius 1 is 1.13 bits per heavy atom. The van der Waals surface area contributed by atoms with Crippen LogP contribution >= 0.6 is 0 Å². The van der Waals surface area contributed by atoms with Crippen LogP contribution in [0.3, 0.4) is 0 Å². The number of ketones is 1. The molecular formula is C12H15NO2. The number of hydrogen-bond donors (Lipinski definition) is 0. The lowest BCUT2D eigenvalue weighted by Gasteiger charge is -2.10. The average Bonchev–Trinajstić information content (AvgIpc) is 2.19. The molecule has 1 aromatic rings. The minimum absolute atomic E-state index is 0.443. The zero-order valence-corrected chi connectivity index (χ0v) is 9.50. The molecule has 0 saturated carbocycles. The molecule has 3 heteroatoms. The third-order valence-electron chi connectivity index (χ3n) is 2.24. The lowest BCUT2D eigenvalue weighted by molar-refractivity contribution is -0.124. The Balaban J connectivity index is 3.11. The van der Waals surface area contributed by atoms with E-state index in [9.17, 15) is 9.59 Å². The first kappa shape index (κ1) is 11.4. The van der Waals surface area contributed by atoms with Gasteiger partial charge < -0.3 is 4.90 Å². The molecule has 0 aliphatic carbocycles. The maximum Gasteiger partial charge on any atom is 0.294 e. The van der Waals surface area contributed by atoms with Crippen molar-refractivity contribution in [2.45, 2.75) is 13.8 Å². The van der Waals surface area contributed by atoms with Gasteiger partial charge in [-0.25, -0.2) is 0 Å². The topological polar surface area (TPSA) is 37.4 Å². The lowest BCUT2D eigenvalue weighted by Crippen LogP contribution is -2.30. The highest BCUT2D eigenvalue weighted by atomic mass is 16.2. The number of amides is 1. The summed E-state index contributed by atoms with van der Waals surface area (Å²) >= 11 is 0. The highest BCUT2D eigenvalue weighted by molar-refractivity contribution is 6.42. The molecule has 0 heterocycles. The number of carbonyl (C=O) groups excluding carboxylic acids is 2. The highest BCUT2D eigenvalue weighted by Crippen LogP contribution is 2.12. The fourth-order valence-electron chi connectivity index (χ4n) is 1.30. The first-order valence-corrected chi connectivity index (χ1v) is 4.76. The summed E-state index contributed by atoms with van der Waals surface area (Å²) in [5, 5.41) is 0. The predicted octanol–water partition coefficient (Wildman–Crippen LogP) is 1.57. The fraction of sp³-hybridized carbons (Fsp3) is 0.333. The third-order valence-corrected chi connectivity index (χ3v) is 2.24. The maximum absolute atomic E-state index is 11.8. The normalized spacial score (nSPS) is 9.87. The SMILES string of the molecule is Cc1ccc(C)c(C(=O)C(=O)N(C)C)c1. The molecule has 0 atom stereocenters. The average molecular weight is 205 g/mol. The van der Waals surface area contributed by atoms with Crippen molar-refractivity contribution < 1.29 is 9.59 Å². The standard InChI is InChI=1S/C12H15NO2/c1-8-5-6-9(2)10(7-8)11(14)12(15)13(3)4/h5-7H,1-4H3. The monoisotopic (exact) mass is 205 g/mol. The highest BCUT2D eigenvalue weighted by Gasteiger charge is 2.19. The Labute approximate surface area is 89.7 Å². The Morgan fingerprint density at radius 2 is 1.73 bits per heavy atom. The number of nitrogens with zero attached hydrogens (tertiary/aromatic N) is 1. The summed E-state index contributed by atoms with van der Waals surface area (Å²) in [5.41, 5.74) is 2.31. The number of aryl methyl sites for hydroxylation is 2. The van der Waals surface area contributed by atoms with Crippen molar-refractivity contribution >= 4 is 11.7 Å². The Morgan fingerprint density at radius 3 is 2.27 bits per heavy atom. The van der Waals surface area contributed by atoms with Gasteiger partial charge in [0.05, 0.1) is 0 Å². The van der Waals surface area contributed by atoms with E-state index in [4.69, 9.17) is 0 Å². The van der Waals surface area contributed by atoms with Crippen molar-refractivity contribution in [3.05, 3.63) is 34.9 Å². The molecule has 0 aliphatic heterocycles. The molecule has 0 bridgehead atoms. The molecule has 80 valence electrons. The molecular weight excluding hydrogens is 190 g/mol. The number of Topliss-reactive ketones (excluding diaryl/α,β-unsaturated/α-hetero) is 1. The van der Waals surface area contributed by atoms with E-state index in [1.54, 1.807) is 20.2 Å². The molecule has 0 N–H and O–H groups in total. The third kappa shape index (κ3) is 2.43. The Hall–Kier alpha value is -1.64. The van der Waals surface area contributed by atoms with Gasteiger partial charge in [-0.1, -0.05) is 17.7 Å². The fourth-order valence-corrected chi connectivity index (χ4v) is 1.30. The number of likely N-dealkylation sites (N-methyl/N-ethyl adjacent to an activating group) is 1. The van der Waals surface area contributed by atoms with Gasteiger partial charge in [-0.3, -0.25) is 9.59 Å². The molecule has 0 radical (unpaired) electrons. The van der Waals surface area contributed by atoms with Crippen molar-refractivity contribution in [3.63, 3.8) is 0 Å². The minimum Gasteiger partial charge on any atom is -0.342 e. The van der Waals surface area contributed by atoms with Gasteiger partial charge in [-0.2, -0.15) is 0 Å². The zero-order valence-electron chi connectivity index (χ0n) is 9.50. The second-order valence-corrected chi connectivity index (χ2v) is 3.85. The van der Waals surface area contributed by atoms with Gasteiger partial charge in [-0.15, -0.1) is 0 Å². The number of hydrogen-bond acceptors (Lipinski definition) is 2. The lowest BCUT2D eigenvalue weighted by atomic mass is 10.0.